The first-order chi connectivity index (χ1) is 7.59. The molecule has 0 fully saturated rings. The molecule has 0 aliphatic heterocycles. The summed E-state index contributed by atoms with van der Waals surface area (Å²) in [6.07, 6.45) is 7.68. The number of ether oxygens (including phenoxy) is 1. The number of hydrogen-bond donors (Lipinski definition) is 0. The van der Waals surface area contributed by atoms with Gasteiger partial charge >= 0.3 is 0 Å². The van der Waals surface area contributed by atoms with Gasteiger partial charge in [0.15, 0.2) is 0 Å². The molecule has 0 saturated heterocycles. The molecule has 0 saturated carbocycles. The van der Waals surface area contributed by atoms with E-state index in [9.17, 15) is 0 Å². The zero-order valence-corrected chi connectivity index (χ0v) is 10.4. The quantitative estimate of drug-likeness (QED) is 0.561. The number of allylic oxidation sites excluding steroid dienone is 2. The van der Waals surface area contributed by atoms with Gasteiger partial charge in [0.2, 0.25) is 5.06 Å². The highest BCUT2D eigenvalue weighted by Crippen LogP contribution is 2.32. The Hall–Kier alpha value is -0.920. The van der Waals surface area contributed by atoms with Crippen LogP contribution in [0.1, 0.15) is 6.92 Å². The van der Waals surface area contributed by atoms with E-state index >= 15 is 0 Å². The van der Waals surface area contributed by atoms with Gasteiger partial charge in [-0.2, -0.15) is 0 Å². The van der Waals surface area contributed by atoms with Crippen molar-refractivity contribution in [3.05, 3.63) is 53.6 Å². The van der Waals surface area contributed by atoms with Crippen LogP contribution in [0, 0.1) is 5.92 Å². The van der Waals surface area contributed by atoms with E-state index in [-0.39, 0.29) is 0 Å². The van der Waals surface area contributed by atoms with Gasteiger partial charge in [0.25, 0.3) is 0 Å². The molecule has 0 atom stereocenters. The first-order valence-electron chi connectivity index (χ1n) is 5.10. The summed E-state index contributed by atoms with van der Waals surface area (Å²) in [4.78, 5) is 0. The topological polar surface area (TPSA) is 9.23 Å². The highest BCUT2D eigenvalue weighted by atomic mass is 35.5. The van der Waals surface area contributed by atoms with Gasteiger partial charge in [-0.3, -0.25) is 0 Å². The summed E-state index contributed by atoms with van der Waals surface area (Å²) in [5.41, 5.74) is 0. The normalized spacial score (nSPS) is 28.1. The molecule has 0 spiro atoms. The second-order valence-electron chi connectivity index (χ2n) is 3.81. The third-order valence-electron chi connectivity index (χ3n) is 2.36. The molecule has 16 heavy (non-hydrogen) atoms. The van der Waals surface area contributed by atoms with Crippen molar-refractivity contribution in [3.8, 4) is 5.75 Å². The summed E-state index contributed by atoms with van der Waals surface area (Å²) in [6, 6.07) is 7.28. The number of benzene rings is 1. The van der Waals surface area contributed by atoms with Crippen LogP contribution in [0.3, 0.4) is 0 Å². The van der Waals surface area contributed by atoms with Crippen LogP contribution < -0.4 is 4.74 Å². The molecule has 1 aromatic rings. The Labute approximate surface area is 105 Å². The van der Waals surface area contributed by atoms with Crippen molar-refractivity contribution >= 4 is 23.2 Å². The first kappa shape index (κ1) is 11.6. The third-order valence-corrected chi connectivity index (χ3v) is 3.00. The van der Waals surface area contributed by atoms with Gasteiger partial charge in [-0.15, -0.1) is 0 Å². The van der Waals surface area contributed by atoms with Crippen molar-refractivity contribution in [2.75, 3.05) is 0 Å². The SMILES string of the molecule is CC1C=CC(Cl)(Oc2ccccc2Cl)C=C1. The Morgan fingerprint density at radius 2 is 1.81 bits per heavy atom. The summed E-state index contributed by atoms with van der Waals surface area (Å²) in [5.74, 6) is 0.977. The lowest BCUT2D eigenvalue weighted by atomic mass is 10.0. The van der Waals surface area contributed by atoms with Crippen LogP contribution in [0.5, 0.6) is 5.75 Å². The Morgan fingerprint density at radius 3 is 2.44 bits per heavy atom. The minimum absolute atomic E-state index is 0.390. The molecule has 0 radical (unpaired) electrons. The fourth-order valence-electron chi connectivity index (χ4n) is 1.45. The molecule has 0 unspecified atom stereocenters. The molecule has 0 amide bonds. The number of para-hydroxylation sites is 1. The highest BCUT2D eigenvalue weighted by Gasteiger charge is 2.25. The molecule has 0 N–H and O–H groups in total. The lowest BCUT2D eigenvalue weighted by Gasteiger charge is -2.25. The van der Waals surface area contributed by atoms with Crippen molar-refractivity contribution in [1.82, 2.24) is 0 Å². The van der Waals surface area contributed by atoms with Gasteiger partial charge in [0.1, 0.15) is 5.75 Å². The maximum atomic E-state index is 6.29. The van der Waals surface area contributed by atoms with E-state index in [1.807, 2.05) is 36.4 Å². The third kappa shape index (κ3) is 2.60. The summed E-state index contributed by atoms with van der Waals surface area (Å²) in [6.45, 7) is 2.08. The highest BCUT2D eigenvalue weighted by molar-refractivity contribution is 6.32. The minimum atomic E-state index is -0.919. The molecule has 0 heterocycles. The average Bonchev–Trinajstić information content (AvgIpc) is 2.27. The van der Waals surface area contributed by atoms with Crippen LogP contribution in [0.15, 0.2) is 48.6 Å². The van der Waals surface area contributed by atoms with Crippen molar-refractivity contribution in [2.45, 2.75) is 12.0 Å². The van der Waals surface area contributed by atoms with E-state index < -0.39 is 5.06 Å². The second-order valence-corrected chi connectivity index (χ2v) is 4.81. The van der Waals surface area contributed by atoms with Gasteiger partial charge in [-0.25, -0.2) is 0 Å². The van der Waals surface area contributed by atoms with Gasteiger partial charge in [-0.05, 0) is 30.2 Å². The fraction of sp³-hybridized carbons (Fsp3) is 0.231. The van der Waals surface area contributed by atoms with Crippen molar-refractivity contribution in [1.29, 1.82) is 0 Å². The molecule has 1 aromatic carbocycles. The molecule has 2 rings (SSSR count). The molecule has 84 valence electrons. The van der Waals surface area contributed by atoms with Crippen LogP contribution >= 0.6 is 23.2 Å². The van der Waals surface area contributed by atoms with Crippen LogP contribution in [0.25, 0.3) is 0 Å². The van der Waals surface area contributed by atoms with E-state index in [0.29, 0.717) is 16.7 Å². The molecular formula is C13H12Cl2O. The Kier molecular flexibility index (Phi) is 3.27. The number of halogens is 2. The van der Waals surface area contributed by atoms with Gasteiger partial charge in [0, 0.05) is 0 Å². The first-order valence-corrected chi connectivity index (χ1v) is 5.86. The van der Waals surface area contributed by atoms with E-state index in [2.05, 4.69) is 6.92 Å². The predicted octanol–water partition coefficient (Wildman–Crippen LogP) is 4.42. The summed E-state index contributed by atoms with van der Waals surface area (Å²) in [7, 11) is 0. The Morgan fingerprint density at radius 1 is 1.19 bits per heavy atom. The molecule has 3 heteroatoms. The van der Waals surface area contributed by atoms with Gasteiger partial charge in [-0.1, -0.05) is 54.4 Å². The Balaban J connectivity index is 2.19. The maximum absolute atomic E-state index is 6.29. The monoisotopic (exact) mass is 254 g/mol. The molecule has 0 bridgehead atoms. The zero-order chi connectivity index (χ0) is 11.6. The van der Waals surface area contributed by atoms with Crippen LogP contribution in [-0.4, -0.2) is 5.06 Å². The molecule has 1 aliphatic rings. The average molecular weight is 255 g/mol. The van der Waals surface area contributed by atoms with Crippen molar-refractivity contribution in [2.24, 2.45) is 5.92 Å². The summed E-state index contributed by atoms with van der Waals surface area (Å²) in [5, 5.41) is -0.361. The largest absolute Gasteiger partial charge is 0.463 e. The van der Waals surface area contributed by atoms with Gasteiger partial charge in [0.05, 0.1) is 5.02 Å². The second kappa shape index (κ2) is 4.52. The fourth-order valence-corrected chi connectivity index (χ4v) is 1.85. The zero-order valence-electron chi connectivity index (χ0n) is 8.86. The van der Waals surface area contributed by atoms with Crippen LogP contribution in [0.2, 0.25) is 5.02 Å². The molecular weight excluding hydrogens is 243 g/mol. The van der Waals surface area contributed by atoms with Crippen molar-refractivity contribution < 1.29 is 4.74 Å². The minimum Gasteiger partial charge on any atom is -0.463 e. The molecule has 1 nitrogen and oxygen atoms in total. The van der Waals surface area contributed by atoms with E-state index in [1.165, 1.54) is 0 Å². The van der Waals surface area contributed by atoms with Crippen LogP contribution in [0.4, 0.5) is 0 Å². The smallest absolute Gasteiger partial charge is 0.220 e. The molecule has 0 aromatic heterocycles. The summed E-state index contributed by atoms with van der Waals surface area (Å²) >= 11 is 12.3. The standard InChI is InChI=1S/C13H12Cl2O/c1-10-6-8-13(15,9-7-10)16-12-5-3-2-4-11(12)14/h2-10H,1H3. The van der Waals surface area contributed by atoms with Crippen molar-refractivity contribution in [3.63, 3.8) is 0 Å². The number of rotatable bonds is 2. The van der Waals surface area contributed by atoms with E-state index in [0.717, 1.165) is 0 Å². The predicted molar refractivity (Wildman–Crippen MR) is 68.1 cm³/mol. The summed E-state index contributed by atoms with van der Waals surface area (Å²) < 4.78 is 5.68. The number of hydrogen-bond acceptors (Lipinski definition) is 1. The number of alkyl halides is 1. The van der Waals surface area contributed by atoms with E-state index in [1.54, 1.807) is 12.1 Å². The Bertz CT molecular complexity index is 423. The maximum Gasteiger partial charge on any atom is 0.220 e. The lowest BCUT2D eigenvalue weighted by Crippen LogP contribution is -2.26. The van der Waals surface area contributed by atoms with E-state index in [4.69, 9.17) is 27.9 Å². The van der Waals surface area contributed by atoms with Gasteiger partial charge < -0.3 is 4.74 Å². The van der Waals surface area contributed by atoms with Crippen LogP contribution in [-0.2, 0) is 0 Å². The molecule has 1 aliphatic carbocycles. The lowest BCUT2D eigenvalue weighted by molar-refractivity contribution is 0.254.